The summed E-state index contributed by atoms with van der Waals surface area (Å²) in [6.45, 7) is 3.20. The van der Waals surface area contributed by atoms with Crippen LogP contribution in [0.1, 0.15) is 44.2 Å². The third-order valence-corrected chi connectivity index (χ3v) is 4.15. The van der Waals surface area contributed by atoms with Gasteiger partial charge in [-0.1, -0.05) is 25.8 Å². The van der Waals surface area contributed by atoms with E-state index in [0.717, 1.165) is 23.5 Å². The molecule has 1 aliphatic rings. The van der Waals surface area contributed by atoms with Crippen molar-refractivity contribution in [2.75, 3.05) is 6.54 Å². The number of nitrogens with zero attached hydrogens (tertiary/aromatic N) is 2. The SMILES string of the molecule is CCNC(c1ccc2nccnc2c1)C1CCCC1. The van der Waals surface area contributed by atoms with Crippen molar-refractivity contribution in [1.82, 2.24) is 15.3 Å². The third kappa shape index (κ3) is 2.61. The zero-order chi connectivity index (χ0) is 13.1. The van der Waals surface area contributed by atoms with E-state index in [1.165, 1.54) is 31.2 Å². The molecule has 3 heteroatoms. The second-order valence-electron chi connectivity index (χ2n) is 5.38. The summed E-state index contributed by atoms with van der Waals surface area (Å²) in [4.78, 5) is 8.76. The molecular formula is C16H21N3. The minimum absolute atomic E-state index is 0.471. The molecule has 1 atom stereocenters. The van der Waals surface area contributed by atoms with Crippen LogP contribution in [0.3, 0.4) is 0 Å². The van der Waals surface area contributed by atoms with Crippen LogP contribution in [0.2, 0.25) is 0 Å². The number of benzene rings is 1. The monoisotopic (exact) mass is 255 g/mol. The Kier molecular flexibility index (Phi) is 3.74. The van der Waals surface area contributed by atoms with Crippen molar-refractivity contribution in [3.05, 3.63) is 36.2 Å². The minimum atomic E-state index is 0.471. The first-order chi connectivity index (χ1) is 9.38. The van der Waals surface area contributed by atoms with Gasteiger partial charge >= 0.3 is 0 Å². The topological polar surface area (TPSA) is 37.8 Å². The maximum Gasteiger partial charge on any atom is 0.0890 e. The Hall–Kier alpha value is -1.48. The summed E-state index contributed by atoms with van der Waals surface area (Å²) in [5, 5.41) is 3.66. The van der Waals surface area contributed by atoms with Crippen LogP contribution < -0.4 is 5.32 Å². The molecule has 3 nitrogen and oxygen atoms in total. The molecule has 0 amide bonds. The lowest BCUT2D eigenvalue weighted by molar-refractivity contribution is 0.375. The van der Waals surface area contributed by atoms with Crippen molar-refractivity contribution in [2.24, 2.45) is 5.92 Å². The van der Waals surface area contributed by atoms with Crippen LogP contribution in [0.5, 0.6) is 0 Å². The lowest BCUT2D eigenvalue weighted by Crippen LogP contribution is -2.26. The summed E-state index contributed by atoms with van der Waals surface area (Å²) in [7, 11) is 0. The van der Waals surface area contributed by atoms with Gasteiger partial charge < -0.3 is 5.32 Å². The molecule has 1 fully saturated rings. The Bertz CT molecular complexity index is 546. The summed E-state index contributed by atoms with van der Waals surface area (Å²) in [6, 6.07) is 6.98. The van der Waals surface area contributed by atoms with Gasteiger partial charge in [-0.05, 0) is 43.0 Å². The fraction of sp³-hybridized carbons (Fsp3) is 0.500. The van der Waals surface area contributed by atoms with E-state index >= 15 is 0 Å². The number of rotatable bonds is 4. The van der Waals surface area contributed by atoms with E-state index in [1.807, 2.05) is 0 Å². The maximum absolute atomic E-state index is 4.42. The molecule has 1 unspecified atom stereocenters. The molecule has 0 spiro atoms. The molecule has 1 aromatic heterocycles. The third-order valence-electron chi connectivity index (χ3n) is 4.15. The molecule has 0 bridgehead atoms. The molecule has 3 rings (SSSR count). The molecule has 0 saturated heterocycles. The van der Waals surface area contributed by atoms with Crippen LogP contribution >= 0.6 is 0 Å². The number of aromatic nitrogens is 2. The van der Waals surface area contributed by atoms with Gasteiger partial charge in [-0.25, -0.2) is 0 Å². The molecule has 1 N–H and O–H groups in total. The second-order valence-corrected chi connectivity index (χ2v) is 5.38. The van der Waals surface area contributed by atoms with E-state index in [-0.39, 0.29) is 0 Å². The van der Waals surface area contributed by atoms with Crippen LogP contribution in [0.4, 0.5) is 0 Å². The molecule has 19 heavy (non-hydrogen) atoms. The van der Waals surface area contributed by atoms with Crippen LogP contribution in [-0.2, 0) is 0 Å². The van der Waals surface area contributed by atoms with Gasteiger partial charge in [-0.2, -0.15) is 0 Å². The average Bonchev–Trinajstić information content (AvgIpc) is 2.98. The molecule has 100 valence electrons. The van der Waals surface area contributed by atoms with Crippen molar-refractivity contribution in [2.45, 2.75) is 38.6 Å². The Morgan fingerprint density at radius 1 is 1.16 bits per heavy atom. The predicted octanol–water partition coefficient (Wildman–Crippen LogP) is 3.47. The predicted molar refractivity (Wildman–Crippen MR) is 77.9 cm³/mol. The van der Waals surface area contributed by atoms with Crippen LogP contribution in [0.15, 0.2) is 30.6 Å². The Morgan fingerprint density at radius 3 is 2.63 bits per heavy atom. The molecular weight excluding hydrogens is 234 g/mol. The minimum Gasteiger partial charge on any atom is -0.310 e. The largest absolute Gasteiger partial charge is 0.310 e. The van der Waals surface area contributed by atoms with Crippen molar-refractivity contribution < 1.29 is 0 Å². The smallest absolute Gasteiger partial charge is 0.0890 e. The fourth-order valence-electron chi connectivity index (χ4n) is 3.24. The summed E-state index contributed by atoms with van der Waals surface area (Å²) in [6.07, 6.45) is 8.96. The second kappa shape index (κ2) is 5.66. The number of fused-ring (bicyclic) bond motifs is 1. The van der Waals surface area contributed by atoms with E-state index in [2.05, 4.69) is 40.4 Å². The first-order valence-corrected chi connectivity index (χ1v) is 7.32. The van der Waals surface area contributed by atoms with Crippen molar-refractivity contribution in [3.63, 3.8) is 0 Å². The molecule has 1 aliphatic carbocycles. The first kappa shape index (κ1) is 12.5. The first-order valence-electron chi connectivity index (χ1n) is 7.32. The van der Waals surface area contributed by atoms with Crippen molar-refractivity contribution in [1.29, 1.82) is 0 Å². The summed E-state index contributed by atoms with van der Waals surface area (Å²) < 4.78 is 0. The fourth-order valence-corrected chi connectivity index (χ4v) is 3.24. The molecule has 0 radical (unpaired) electrons. The van der Waals surface area contributed by atoms with E-state index in [9.17, 15) is 0 Å². The van der Waals surface area contributed by atoms with Crippen LogP contribution in [0.25, 0.3) is 11.0 Å². The average molecular weight is 255 g/mol. The van der Waals surface area contributed by atoms with E-state index in [0.29, 0.717) is 6.04 Å². The van der Waals surface area contributed by atoms with Gasteiger partial charge in [-0.3, -0.25) is 9.97 Å². The van der Waals surface area contributed by atoms with Gasteiger partial charge in [0.15, 0.2) is 0 Å². The molecule has 0 aliphatic heterocycles. The standard InChI is InChI=1S/C16H21N3/c1-2-17-16(12-5-3-4-6-12)13-7-8-14-15(11-13)19-10-9-18-14/h7-12,16-17H,2-6H2,1H3. The summed E-state index contributed by atoms with van der Waals surface area (Å²) in [5.41, 5.74) is 3.34. The van der Waals surface area contributed by atoms with Gasteiger partial charge in [0.1, 0.15) is 0 Å². The van der Waals surface area contributed by atoms with Crippen LogP contribution in [-0.4, -0.2) is 16.5 Å². The lowest BCUT2D eigenvalue weighted by Gasteiger charge is -2.25. The number of nitrogens with one attached hydrogen (secondary N) is 1. The highest BCUT2D eigenvalue weighted by atomic mass is 14.9. The highest BCUT2D eigenvalue weighted by Crippen LogP contribution is 2.36. The Morgan fingerprint density at radius 2 is 1.89 bits per heavy atom. The van der Waals surface area contributed by atoms with Gasteiger partial charge in [-0.15, -0.1) is 0 Å². The number of hydrogen-bond acceptors (Lipinski definition) is 3. The quantitative estimate of drug-likeness (QED) is 0.909. The lowest BCUT2D eigenvalue weighted by atomic mass is 9.91. The summed E-state index contributed by atoms with van der Waals surface area (Å²) >= 11 is 0. The van der Waals surface area contributed by atoms with Gasteiger partial charge in [0.25, 0.3) is 0 Å². The zero-order valence-corrected chi connectivity index (χ0v) is 11.5. The highest BCUT2D eigenvalue weighted by molar-refractivity contribution is 5.74. The summed E-state index contributed by atoms with van der Waals surface area (Å²) in [5.74, 6) is 0.772. The van der Waals surface area contributed by atoms with E-state index in [4.69, 9.17) is 0 Å². The van der Waals surface area contributed by atoms with Crippen LogP contribution in [0, 0.1) is 5.92 Å². The molecule has 1 aromatic carbocycles. The maximum atomic E-state index is 4.42. The van der Waals surface area contributed by atoms with Gasteiger partial charge in [0.05, 0.1) is 11.0 Å². The highest BCUT2D eigenvalue weighted by Gasteiger charge is 2.25. The molecule has 1 saturated carbocycles. The normalized spacial score (nSPS) is 17.9. The van der Waals surface area contributed by atoms with Gasteiger partial charge in [0.2, 0.25) is 0 Å². The molecule has 1 heterocycles. The van der Waals surface area contributed by atoms with Crippen molar-refractivity contribution in [3.8, 4) is 0 Å². The van der Waals surface area contributed by atoms with E-state index < -0.39 is 0 Å². The van der Waals surface area contributed by atoms with Gasteiger partial charge in [0, 0.05) is 18.4 Å². The Labute approximate surface area is 114 Å². The Balaban J connectivity index is 1.94. The molecule has 2 aromatic rings. The van der Waals surface area contributed by atoms with Crippen molar-refractivity contribution >= 4 is 11.0 Å². The van der Waals surface area contributed by atoms with E-state index in [1.54, 1.807) is 12.4 Å². The zero-order valence-electron chi connectivity index (χ0n) is 11.5. The number of hydrogen-bond donors (Lipinski definition) is 1.